The van der Waals surface area contributed by atoms with Gasteiger partial charge in [-0.1, -0.05) is 0 Å². The Kier molecular flexibility index (Phi) is 3.42. The molecule has 1 amide bonds. The normalized spacial score (nSPS) is 9.08. The van der Waals surface area contributed by atoms with Crippen LogP contribution in [0, 0.1) is 5.82 Å². The van der Waals surface area contributed by atoms with Gasteiger partial charge >= 0.3 is 0 Å². The van der Waals surface area contributed by atoms with Crippen molar-refractivity contribution in [1.29, 1.82) is 0 Å². The maximum Gasteiger partial charge on any atom is 0.285 e. The molecule has 66 valence electrons. The van der Waals surface area contributed by atoms with Gasteiger partial charge in [0.15, 0.2) is 0 Å². The molecule has 2 nitrogen and oxygen atoms in total. The van der Waals surface area contributed by atoms with Crippen molar-refractivity contribution in [3.63, 3.8) is 0 Å². The number of hydrogen-bond donors (Lipinski definition) is 0. The average Bonchev–Trinajstić information content (AvgIpc) is 2.10. The first kappa shape index (κ1) is 10.2. The molecule has 0 radical (unpaired) electrons. The average molecular weight is 260 g/mol. The van der Waals surface area contributed by atoms with Crippen LogP contribution in [0.4, 0.5) is 4.39 Å². The SMILES string of the molecule is O=C(N=C=S)c1ccc(F)c(Br)c1. The van der Waals surface area contributed by atoms with E-state index in [1.54, 1.807) is 0 Å². The number of amides is 1. The van der Waals surface area contributed by atoms with E-state index in [9.17, 15) is 9.18 Å². The van der Waals surface area contributed by atoms with E-state index in [0.717, 1.165) is 0 Å². The number of benzene rings is 1. The topological polar surface area (TPSA) is 29.4 Å². The second-order valence-electron chi connectivity index (χ2n) is 2.14. The lowest BCUT2D eigenvalue weighted by Crippen LogP contribution is -1.94. The molecule has 13 heavy (non-hydrogen) atoms. The van der Waals surface area contributed by atoms with Gasteiger partial charge in [0.2, 0.25) is 0 Å². The van der Waals surface area contributed by atoms with Crippen molar-refractivity contribution in [1.82, 2.24) is 0 Å². The molecule has 5 heteroatoms. The Hall–Kier alpha value is -0.900. The number of nitrogens with zero attached hydrogens (tertiary/aromatic N) is 1. The summed E-state index contributed by atoms with van der Waals surface area (Å²) in [6, 6.07) is 3.85. The van der Waals surface area contributed by atoms with E-state index in [4.69, 9.17) is 0 Å². The fraction of sp³-hybridized carbons (Fsp3) is 0. The standard InChI is InChI=1S/C8H3BrFNOS/c9-6-3-5(1-2-7(6)10)8(12)11-4-13/h1-3H. The quantitative estimate of drug-likeness (QED) is 0.574. The molecule has 0 saturated carbocycles. The van der Waals surface area contributed by atoms with Gasteiger partial charge in [-0.3, -0.25) is 4.79 Å². The second kappa shape index (κ2) is 4.37. The van der Waals surface area contributed by atoms with Crippen LogP contribution in [-0.2, 0) is 0 Å². The van der Waals surface area contributed by atoms with Crippen molar-refractivity contribution in [2.24, 2.45) is 4.99 Å². The number of carbonyl (C=O) groups is 1. The minimum Gasteiger partial charge on any atom is -0.266 e. The molecule has 1 rings (SSSR count). The van der Waals surface area contributed by atoms with E-state index in [0.29, 0.717) is 0 Å². The Labute approximate surface area is 87.6 Å². The molecule has 0 heterocycles. The van der Waals surface area contributed by atoms with Gasteiger partial charge in [0.1, 0.15) is 5.82 Å². The van der Waals surface area contributed by atoms with Crippen LogP contribution < -0.4 is 0 Å². The van der Waals surface area contributed by atoms with E-state index >= 15 is 0 Å². The molecule has 0 saturated heterocycles. The van der Waals surface area contributed by atoms with Crippen molar-refractivity contribution in [2.45, 2.75) is 0 Å². The number of carbonyl (C=O) groups excluding carboxylic acids is 1. The van der Waals surface area contributed by atoms with Crippen LogP contribution in [0.3, 0.4) is 0 Å². The minimum atomic E-state index is -0.532. The highest BCUT2D eigenvalue weighted by atomic mass is 79.9. The third kappa shape index (κ3) is 2.52. The number of aliphatic imine (C=N–C) groups is 1. The minimum absolute atomic E-state index is 0.220. The zero-order chi connectivity index (χ0) is 9.84. The molecule has 0 aliphatic rings. The van der Waals surface area contributed by atoms with Gasteiger partial charge in [-0.05, 0) is 46.3 Å². The highest BCUT2D eigenvalue weighted by Crippen LogP contribution is 2.17. The zero-order valence-corrected chi connectivity index (χ0v) is 8.65. The molecule has 0 N–H and O–H groups in total. The van der Waals surface area contributed by atoms with Crippen molar-refractivity contribution in [3.8, 4) is 0 Å². The summed E-state index contributed by atoms with van der Waals surface area (Å²) in [6.45, 7) is 0. The molecule has 0 aliphatic carbocycles. The predicted octanol–water partition coefficient (Wildman–Crippen LogP) is 2.83. The first-order valence-electron chi connectivity index (χ1n) is 3.22. The van der Waals surface area contributed by atoms with Crippen molar-refractivity contribution in [3.05, 3.63) is 34.1 Å². The Morgan fingerprint density at radius 3 is 2.85 bits per heavy atom. The van der Waals surface area contributed by atoms with Gasteiger partial charge in [0.05, 0.1) is 9.63 Å². The molecule has 0 fully saturated rings. The summed E-state index contributed by atoms with van der Waals surface area (Å²) in [5, 5.41) is 1.95. The van der Waals surface area contributed by atoms with Gasteiger partial charge in [-0.2, -0.15) is 4.99 Å². The van der Waals surface area contributed by atoms with Crippen LogP contribution in [0.15, 0.2) is 27.7 Å². The summed E-state index contributed by atoms with van der Waals surface area (Å²) in [6.07, 6.45) is 0. The van der Waals surface area contributed by atoms with Crippen LogP contribution in [0.2, 0.25) is 0 Å². The Bertz CT molecular complexity index is 401. The van der Waals surface area contributed by atoms with Gasteiger partial charge in [-0.15, -0.1) is 0 Å². The fourth-order valence-corrected chi connectivity index (χ4v) is 1.20. The Morgan fingerprint density at radius 2 is 2.31 bits per heavy atom. The second-order valence-corrected chi connectivity index (χ2v) is 3.17. The van der Waals surface area contributed by atoms with Crippen LogP contribution in [-0.4, -0.2) is 11.1 Å². The van der Waals surface area contributed by atoms with Crippen LogP contribution in [0.5, 0.6) is 0 Å². The van der Waals surface area contributed by atoms with Crippen LogP contribution >= 0.6 is 28.1 Å². The molecular formula is C8H3BrFNOS. The van der Waals surface area contributed by atoms with E-state index in [2.05, 4.69) is 33.1 Å². The van der Waals surface area contributed by atoms with Gasteiger partial charge in [-0.25, -0.2) is 4.39 Å². The lowest BCUT2D eigenvalue weighted by Gasteiger charge is -1.96. The molecule has 1 aromatic carbocycles. The van der Waals surface area contributed by atoms with Crippen LogP contribution in [0.1, 0.15) is 10.4 Å². The predicted molar refractivity (Wildman–Crippen MR) is 53.5 cm³/mol. The summed E-state index contributed by atoms with van der Waals surface area (Å²) < 4.78 is 12.9. The third-order valence-corrected chi connectivity index (χ3v) is 2.01. The first-order valence-corrected chi connectivity index (χ1v) is 4.42. The van der Waals surface area contributed by atoms with Gasteiger partial charge < -0.3 is 0 Å². The van der Waals surface area contributed by atoms with Crippen molar-refractivity contribution in [2.75, 3.05) is 0 Å². The molecular weight excluding hydrogens is 257 g/mol. The maximum atomic E-state index is 12.7. The highest BCUT2D eigenvalue weighted by Gasteiger charge is 2.06. The zero-order valence-electron chi connectivity index (χ0n) is 6.25. The summed E-state index contributed by atoms with van der Waals surface area (Å²) in [7, 11) is 0. The van der Waals surface area contributed by atoms with E-state index in [1.165, 1.54) is 18.2 Å². The Morgan fingerprint density at radius 1 is 1.62 bits per heavy atom. The summed E-state index contributed by atoms with van der Waals surface area (Å²) in [5.41, 5.74) is 0.269. The maximum absolute atomic E-state index is 12.7. The van der Waals surface area contributed by atoms with E-state index in [1.807, 2.05) is 5.16 Å². The van der Waals surface area contributed by atoms with E-state index in [-0.39, 0.29) is 10.0 Å². The molecule has 0 spiro atoms. The number of hydrogen-bond acceptors (Lipinski definition) is 2. The summed E-state index contributed by atoms with van der Waals surface area (Å²) in [5.74, 6) is -0.960. The smallest absolute Gasteiger partial charge is 0.266 e. The molecule has 0 bridgehead atoms. The van der Waals surface area contributed by atoms with Crippen molar-refractivity contribution >= 4 is 39.2 Å². The molecule has 0 aliphatic heterocycles. The summed E-state index contributed by atoms with van der Waals surface area (Å²) >= 11 is 7.21. The van der Waals surface area contributed by atoms with Gasteiger partial charge in [0, 0.05) is 5.56 Å². The molecule has 1 aromatic rings. The monoisotopic (exact) mass is 259 g/mol. The Balaban J connectivity index is 3.10. The van der Waals surface area contributed by atoms with Crippen molar-refractivity contribution < 1.29 is 9.18 Å². The number of isothiocyanates is 1. The first-order chi connectivity index (χ1) is 6.15. The molecule has 0 unspecified atom stereocenters. The number of rotatable bonds is 1. The molecule has 0 aromatic heterocycles. The van der Waals surface area contributed by atoms with Crippen LogP contribution in [0.25, 0.3) is 0 Å². The third-order valence-electron chi connectivity index (χ3n) is 1.31. The number of halogens is 2. The highest BCUT2D eigenvalue weighted by molar-refractivity contribution is 9.10. The largest absolute Gasteiger partial charge is 0.285 e. The lowest BCUT2D eigenvalue weighted by molar-refractivity contribution is 0.100. The number of thiocarbonyl (C=S) groups is 1. The fourth-order valence-electron chi connectivity index (χ4n) is 0.735. The van der Waals surface area contributed by atoms with E-state index < -0.39 is 11.7 Å². The molecule has 0 atom stereocenters. The van der Waals surface area contributed by atoms with Gasteiger partial charge in [0.25, 0.3) is 5.91 Å². The lowest BCUT2D eigenvalue weighted by atomic mass is 10.2. The summed E-state index contributed by atoms with van der Waals surface area (Å²) in [4.78, 5) is 14.3.